The fourth-order valence-corrected chi connectivity index (χ4v) is 6.28. The molecule has 2 aliphatic heterocycles. The lowest BCUT2D eigenvalue weighted by atomic mass is 9.97. The summed E-state index contributed by atoms with van der Waals surface area (Å²) in [4.78, 5) is 23.3. The molecule has 0 bridgehead atoms. The van der Waals surface area contributed by atoms with Crippen LogP contribution in [0.5, 0.6) is 5.75 Å². The molecule has 224 valence electrons. The summed E-state index contributed by atoms with van der Waals surface area (Å²) in [7, 11) is 0. The van der Waals surface area contributed by atoms with Gasteiger partial charge in [0.1, 0.15) is 22.6 Å². The Balaban J connectivity index is 1.08. The molecule has 0 amide bonds. The van der Waals surface area contributed by atoms with E-state index in [2.05, 4.69) is 55.5 Å². The van der Waals surface area contributed by atoms with Crippen LogP contribution in [0.2, 0.25) is 0 Å². The SMILES string of the molecule is CCOc1cc(CN2CCC(N(c3nc4ccc(Nc5nc6cccnc6o5)nc4o3)C3CCNCC3)CC2)ccc1C. The highest BCUT2D eigenvalue weighted by Crippen LogP contribution is 2.32. The van der Waals surface area contributed by atoms with Crippen LogP contribution in [0, 0.1) is 6.92 Å². The number of likely N-dealkylation sites (tertiary alicyclic amines) is 1. The van der Waals surface area contributed by atoms with Gasteiger partial charge < -0.3 is 23.8 Å². The molecule has 0 unspecified atom stereocenters. The maximum Gasteiger partial charge on any atom is 0.302 e. The van der Waals surface area contributed by atoms with E-state index in [9.17, 15) is 0 Å². The number of pyridine rings is 2. The second kappa shape index (κ2) is 12.2. The number of hydrogen-bond donors (Lipinski definition) is 2. The van der Waals surface area contributed by atoms with Gasteiger partial charge in [-0.05, 0) is 94.1 Å². The average Bonchev–Trinajstić information content (AvgIpc) is 3.64. The van der Waals surface area contributed by atoms with E-state index in [1.54, 1.807) is 6.20 Å². The number of ether oxygens (including phenoxy) is 1. The second-order valence-electron chi connectivity index (χ2n) is 11.4. The van der Waals surface area contributed by atoms with Crippen LogP contribution in [-0.2, 0) is 6.54 Å². The van der Waals surface area contributed by atoms with Crippen molar-refractivity contribution in [3.63, 3.8) is 0 Å². The molecule has 2 aliphatic rings. The molecule has 1 aromatic carbocycles. The van der Waals surface area contributed by atoms with E-state index in [0.717, 1.165) is 69.7 Å². The number of piperidine rings is 2. The highest BCUT2D eigenvalue weighted by molar-refractivity contribution is 5.75. The van der Waals surface area contributed by atoms with Crippen LogP contribution >= 0.6 is 0 Å². The van der Waals surface area contributed by atoms with Crippen molar-refractivity contribution in [2.24, 2.45) is 0 Å². The summed E-state index contributed by atoms with van der Waals surface area (Å²) < 4.78 is 17.9. The lowest BCUT2D eigenvalue weighted by molar-refractivity contribution is 0.191. The molecule has 5 aromatic rings. The van der Waals surface area contributed by atoms with Crippen molar-refractivity contribution in [1.82, 2.24) is 30.2 Å². The molecule has 2 saturated heterocycles. The predicted molar refractivity (Wildman–Crippen MR) is 166 cm³/mol. The predicted octanol–water partition coefficient (Wildman–Crippen LogP) is 5.43. The van der Waals surface area contributed by atoms with Crippen molar-refractivity contribution in [3.05, 3.63) is 59.8 Å². The van der Waals surface area contributed by atoms with Crippen molar-refractivity contribution >= 4 is 40.3 Å². The molecule has 0 aliphatic carbocycles. The van der Waals surface area contributed by atoms with Crippen LogP contribution < -0.4 is 20.3 Å². The highest BCUT2D eigenvalue weighted by atomic mass is 16.5. The zero-order valence-corrected chi connectivity index (χ0v) is 24.8. The summed E-state index contributed by atoms with van der Waals surface area (Å²) in [5, 5.41) is 6.64. The van der Waals surface area contributed by atoms with Crippen LogP contribution in [-0.4, -0.2) is 69.7 Å². The zero-order chi connectivity index (χ0) is 29.2. The van der Waals surface area contributed by atoms with Crippen LogP contribution in [0.4, 0.5) is 17.8 Å². The Morgan fingerprint density at radius 1 is 0.953 bits per heavy atom. The maximum absolute atomic E-state index is 6.40. The van der Waals surface area contributed by atoms with Crippen molar-refractivity contribution in [1.29, 1.82) is 0 Å². The summed E-state index contributed by atoms with van der Waals surface area (Å²) in [6.45, 7) is 9.80. The van der Waals surface area contributed by atoms with E-state index < -0.39 is 0 Å². The average molecular weight is 583 g/mol. The number of aryl methyl sites for hydroxylation is 1. The third kappa shape index (κ3) is 6.00. The first kappa shape index (κ1) is 27.6. The number of benzene rings is 1. The molecule has 0 spiro atoms. The third-order valence-electron chi connectivity index (χ3n) is 8.48. The van der Waals surface area contributed by atoms with Gasteiger partial charge in [0, 0.05) is 37.9 Å². The van der Waals surface area contributed by atoms with Crippen LogP contribution in [0.15, 0.2) is 57.5 Å². The Bertz CT molecular complexity index is 1650. The summed E-state index contributed by atoms with van der Waals surface area (Å²) in [5.41, 5.74) is 4.87. The number of nitrogens with zero attached hydrogens (tertiary/aromatic N) is 6. The minimum atomic E-state index is 0.336. The van der Waals surface area contributed by atoms with Gasteiger partial charge in [-0.2, -0.15) is 15.0 Å². The maximum atomic E-state index is 6.40. The molecular formula is C32H38N8O3. The quantitative estimate of drug-likeness (QED) is 0.232. The van der Waals surface area contributed by atoms with E-state index in [-0.39, 0.29) is 0 Å². The Hall–Kier alpha value is -4.22. The molecule has 43 heavy (non-hydrogen) atoms. The van der Waals surface area contributed by atoms with Gasteiger partial charge in [0.15, 0.2) is 0 Å². The summed E-state index contributed by atoms with van der Waals surface area (Å²) >= 11 is 0. The number of anilines is 3. The Kier molecular flexibility index (Phi) is 7.82. The molecule has 2 fully saturated rings. The lowest BCUT2D eigenvalue weighted by Gasteiger charge is -2.43. The first-order valence-corrected chi connectivity index (χ1v) is 15.3. The monoisotopic (exact) mass is 582 g/mol. The van der Waals surface area contributed by atoms with Crippen LogP contribution in [0.1, 0.15) is 43.7 Å². The summed E-state index contributed by atoms with van der Waals surface area (Å²) in [5.74, 6) is 1.56. The van der Waals surface area contributed by atoms with E-state index in [1.165, 1.54) is 11.1 Å². The number of rotatable bonds is 9. The molecule has 4 aromatic heterocycles. The minimum Gasteiger partial charge on any atom is -0.494 e. The minimum absolute atomic E-state index is 0.336. The van der Waals surface area contributed by atoms with Gasteiger partial charge in [0.25, 0.3) is 11.7 Å². The third-order valence-corrected chi connectivity index (χ3v) is 8.48. The van der Waals surface area contributed by atoms with Gasteiger partial charge in [-0.15, -0.1) is 0 Å². The standard InChI is InChI=1S/C32H38N8O3/c1-3-41-27-19-22(7-6-21(27)2)20-39-17-12-24(13-18-39)40(23-10-15-33-16-11-23)32-36-26-8-9-28(37-30(26)43-32)38-31-35-25-5-4-14-34-29(25)42-31/h4-9,14,19,23-24,33H,3,10-13,15-18,20H2,1-2H3,(H,35,37,38). The van der Waals surface area contributed by atoms with Gasteiger partial charge in [0.2, 0.25) is 5.71 Å². The topological polar surface area (TPSA) is 118 Å². The molecule has 7 rings (SSSR count). The Labute approximate surface area is 250 Å². The molecular weight excluding hydrogens is 544 g/mol. The molecule has 0 radical (unpaired) electrons. The molecule has 0 atom stereocenters. The molecule has 11 nitrogen and oxygen atoms in total. The largest absolute Gasteiger partial charge is 0.494 e. The normalized spacial score (nSPS) is 17.1. The van der Waals surface area contributed by atoms with E-state index in [4.69, 9.17) is 23.5 Å². The van der Waals surface area contributed by atoms with Crippen molar-refractivity contribution in [3.8, 4) is 5.75 Å². The van der Waals surface area contributed by atoms with Gasteiger partial charge in [-0.1, -0.05) is 12.1 Å². The van der Waals surface area contributed by atoms with Gasteiger partial charge in [-0.3, -0.25) is 10.2 Å². The first-order valence-electron chi connectivity index (χ1n) is 15.3. The zero-order valence-electron chi connectivity index (χ0n) is 24.8. The van der Waals surface area contributed by atoms with Gasteiger partial charge in [-0.25, -0.2) is 4.98 Å². The highest BCUT2D eigenvalue weighted by Gasteiger charge is 2.34. The van der Waals surface area contributed by atoms with E-state index >= 15 is 0 Å². The number of hydrogen-bond acceptors (Lipinski definition) is 11. The van der Waals surface area contributed by atoms with Crippen molar-refractivity contribution < 1.29 is 13.6 Å². The first-order chi connectivity index (χ1) is 21.1. The number of oxazole rings is 2. The second-order valence-corrected chi connectivity index (χ2v) is 11.4. The number of nitrogens with one attached hydrogen (secondary N) is 2. The lowest BCUT2D eigenvalue weighted by Crippen LogP contribution is -2.52. The van der Waals surface area contributed by atoms with Crippen molar-refractivity contribution in [2.45, 2.75) is 58.2 Å². The molecule has 2 N–H and O–H groups in total. The van der Waals surface area contributed by atoms with Crippen molar-refractivity contribution in [2.75, 3.05) is 43.0 Å². The van der Waals surface area contributed by atoms with E-state index in [0.29, 0.717) is 53.5 Å². The smallest absolute Gasteiger partial charge is 0.302 e. The molecule has 6 heterocycles. The summed E-state index contributed by atoms with van der Waals surface area (Å²) in [6, 6.07) is 15.8. The van der Waals surface area contributed by atoms with Crippen LogP contribution in [0.25, 0.3) is 22.5 Å². The van der Waals surface area contributed by atoms with E-state index in [1.807, 2.05) is 31.2 Å². The fourth-order valence-electron chi connectivity index (χ4n) is 6.28. The van der Waals surface area contributed by atoms with Crippen LogP contribution in [0.3, 0.4) is 0 Å². The number of aromatic nitrogens is 4. The molecule has 0 saturated carbocycles. The molecule has 11 heteroatoms. The Morgan fingerprint density at radius 2 is 1.77 bits per heavy atom. The summed E-state index contributed by atoms with van der Waals surface area (Å²) in [6.07, 6.45) is 5.92. The Morgan fingerprint density at radius 3 is 2.58 bits per heavy atom. The number of fused-ring (bicyclic) bond motifs is 2. The fraction of sp³-hybridized carbons (Fsp3) is 0.438. The van der Waals surface area contributed by atoms with Gasteiger partial charge >= 0.3 is 6.01 Å². The van der Waals surface area contributed by atoms with Gasteiger partial charge in [0.05, 0.1) is 6.61 Å².